The minimum Gasteiger partial charge on any atom is -0.314 e. The first kappa shape index (κ1) is 11.0. The largest absolute Gasteiger partial charge is 0.314 e. The summed E-state index contributed by atoms with van der Waals surface area (Å²) in [5.41, 5.74) is 0.617. The van der Waals surface area contributed by atoms with Gasteiger partial charge in [0.15, 0.2) is 0 Å². The Balaban J connectivity index is 1.67. The van der Waals surface area contributed by atoms with Crippen molar-refractivity contribution in [1.82, 2.24) is 10.2 Å². The van der Waals surface area contributed by atoms with E-state index in [4.69, 9.17) is 0 Å². The predicted molar refractivity (Wildman–Crippen MR) is 67.5 cm³/mol. The Labute approximate surface area is 99.8 Å². The van der Waals surface area contributed by atoms with Crippen LogP contribution in [0.25, 0.3) is 0 Å². The zero-order valence-corrected chi connectivity index (χ0v) is 11.0. The maximum atomic E-state index is 3.66. The van der Waals surface area contributed by atoms with Crippen molar-refractivity contribution < 1.29 is 0 Å². The van der Waals surface area contributed by atoms with Crippen LogP contribution in [0.2, 0.25) is 0 Å². The lowest BCUT2D eigenvalue weighted by Gasteiger charge is -2.40. The Morgan fingerprint density at radius 2 is 1.75 bits per heavy atom. The van der Waals surface area contributed by atoms with Crippen molar-refractivity contribution in [3.8, 4) is 0 Å². The Hall–Kier alpha value is -0.0800. The van der Waals surface area contributed by atoms with E-state index in [2.05, 4.69) is 31.0 Å². The molecule has 2 aliphatic heterocycles. The fraction of sp³-hybridized carbons (Fsp3) is 1.00. The zero-order chi connectivity index (χ0) is 11.3. The van der Waals surface area contributed by atoms with E-state index in [1.807, 2.05) is 0 Å². The molecule has 2 saturated heterocycles. The van der Waals surface area contributed by atoms with Crippen molar-refractivity contribution >= 4 is 0 Å². The van der Waals surface area contributed by atoms with Crippen molar-refractivity contribution in [3.05, 3.63) is 0 Å². The van der Waals surface area contributed by atoms with Crippen molar-refractivity contribution in [2.24, 2.45) is 5.41 Å². The van der Waals surface area contributed by atoms with Crippen LogP contribution < -0.4 is 5.32 Å². The molecule has 0 aromatic carbocycles. The maximum Gasteiger partial charge on any atom is 0.0158 e. The van der Waals surface area contributed by atoms with Crippen LogP contribution in [0.4, 0.5) is 0 Å². The van der Waals surface area contributed by atoms with Gasteiger partial charge in [0.25, 0.3) is 0 Å². The summed E-state index contributed by atoms with van der Waals surface area (Å²) in [7, 11) is 0. The second kappa shape index (κ2) is 3.71. The van der Waals surface area contributed by atoms with E-state index in [0.29, 0.717) is 5.41 Å². The van der Waals surface area contributed by atoms with E-state index in [0.717, 1.165) is 30.7 Å². The van der Waals surface area contributed by atoms with Crippen LogP contribution in [0.3, 0.4) is 0 Å². The molecule has 1 saturated carbocycles. The molecule has 0 aromatic rings. The average molecular weight is 222 g/mol. The van der Waals surface area contributed by atoms with Gasteiger partial charge < -0.3 is 5.32 Å². The van der Waals surface area contributed by atoms with E-state index in [1.54, 1.807) is 0 Å². The van der Waals surface area contributed by atoms with Gasteiger partial charge in [-0.2, -0.15) is 0 Å². The third-order valence-corrected chi connectivity index (χ3v) is 5.10. The van der Waals surface area contributed by atoms with E-state index in [1.165, 1.54) is 32.1 Å². The monoisotopic (exact) mass is 222 g/mol. The minimum atomic E-state index is 0.617. The number of rotatable bonds is 3. The third-order valence-electron chi connectivity index (χ3n) is 5.10. The molecular weight excluding hydrogens is 196 g/mol. The molecule has 0 spiro atoms. The molecule has 0 radical (unpaired) electrons. The van der Waals surface area contributed by atoms with E-state index in [-0.39, 0.29) is 0 Å². The summed E-state index contributed by atoms with van der Waals surface area (Å²) >= 11 is 0. The highest BCUT2D eigenvalue weighted by atomic mass is 15.3. The molecule has 3 rings (SSSR count). The molecular formula is C14H26N2. The maximum absolute atomic E-state index is 3.66. The van der Waals surface area contributed by atoms with Crippen LogP contribution in [-0.4, -0.2) is 35.6 Å². The van der Waals surface area contributed by atoms with Gasteiger partial charge in [-0.05, 0) is 44.1 Å². The summed E-state index contributed by atoms with van der Waals surface area (Å²) in [5.74, 6) is 0. The predicted octanol–water partition coefficient (Wildman–Crippen LogP) is 2.39. The minimum absolute atomic E-state index is 0.617. The fourth-order valence-electron chi connectivity index (χ4n) is 4.13. The number of hydrogen-bond donors (Lipinski definition) is 1. The van der Waals surface area contributed by atoms with Gasteiger partial charge in [0.2, 0.25) is 0 Å². The lowest BCUT2D eigenvalue weighted by atomic mass is 9.96. The number of nitrogens with zero attached hydrogens (tertiary/aromatic N) is 1. The van der Waals surface area contributed by atoms with Gasteiger partial charge >= 0.3 is 0 Å². The highest BCUT2D eigenvalue weighted by Gasteiger charge is 2.56. The number of fused-ring (bicyclic) bond motifs is 2. The van der Waals surface area contributed by atoms with Gasteiger partial charge in [0, 0.05) is 24.2 Å². The molecule has 2 bridgehead atoms. The molecule has 3 fully saturated rings. The standard InChI is InChI=1S/C14H26N2/c1-4-15-10-7-11-5-6-12(8-10)16(11)13-9-14(13,2)3/h10-13,15H,4-9H2,1-3H3. The van der Waals surface area contributed by atoms with Gasteiger partial charge in [-0.1, -0.05) is 20.8 Å². The zero-order valence-electron chi connectivity index (χ0n) is 11.0. The van der Waals surface area contributed by atoms with Crippen molar-refractivity contribution in [2.75, 3.05) is 6.54 Å². The Kier molecular flexibility index (Phi) is 2.56. The number of nitrogens with one attached hydrogen (secondary N) is 1. The molecule has 2 nitrogen and oxygen atoms in total. The van der Waals surface area contributed by atoms with E-state index >= 15 is 0 Å². The van der Waals surface area contributed by atoms with Gasteiger partial charge in [-0.3, -0.25) is 4.90 Å². The van der Waals surface area contributed by atoms with Crippen LogP contribution in [-0.2, 0) is 0 Å². The van der Waals surface area contributed by atoms with E-state index in [9.17, 15) is 0 Å². The lowest BCUT2D eigenvalue weighted by Crippen LogP contribution is -2.50. The van der Waals surface area contributed by atoms with Crippen LogP contribution in [0, 0.1) is 5.41 Å². The van der Waals surface area contributed by atoms with Crippen LogP contribution in [0.5, 0.6) is 0 Å². The molecule has 3 atom stereocenters. The van der Waals surface area contributed by atoms with Crippen LogP contribution in [0.1, 0.15) is 52.9 Å². The second-order valence-corrected chi connectivity index (χ2v) is 6.77. The Morgan fingerprint density at radius 1 is 1.19 bits per heavy atom. The Bertz CT molecular complexity index is 260. The summed E-state index contributed by atoms with van der Waals surface area (Å²) < 4.78 is 0. The summed E-state index contributed by atoms with van der Waals surface area (Å²) in [6.45, 7) is 8.25. The van der Waals surface area contributed by atoms with Gasteiger partial charge in [0.1, 0.15) is 0 Å². The Morgan fingerprint density at radius 3 is 2.19 bits per heavy atom. The second-order valence-electron chi connectivity index (χ2n) is 6.77. The molecule has 3 aliphatic rings. The molecule has 1 N–H and O–H groups in total. The van der Waals surface area contributed by atoms with Gasteiger partial charge in [0.05, 0.1) is 0 Å². The van der Waals surface area contributed by atoms with Crippen molar-refractivity contribution in [1.29, 1.82) is 0 Å². The SMILES string of the molecule is CCNC1CC2CCC(C1)N2C1CC1(C)C. The highest BCUT2D eigenvalue weighted by Crippen LogP contribution is 2.54. The summed E-state index contributed by atoms with van der Waals surface area (Å²) in [4.78, 5) is 2.90. The number of piperidine rings is 1. The van der Waals surface area contributed by atoms with E-state index < -0.39 is 0 Å². The summed E-state index contributed by atoms with van der Waals surface area (Å²) in [6.07, 6.45) is 7.15. The molecule has 16 heavy (non-hydrogen) atoms. The van der Waals surface area contributed by atoms with Gasteiger partial charge in [-0.25, -0.2) is 0 Å². The first-order valence-electron chi connectivity index (χ1n) is 7.12. The fourth-order valence-corrected chi connectivity index (χ4v) is 4.13. The molecule has 2 heterocycles. The molecule has 0 aromatic heterocycles. The highest BCUT2D eigenvalue weighted by molar-refractivity contribution is 5.10. The molecule has 92 valence electrons. The first-order valence-corrected chi connectivity index (χ1v) is 7.12. The third kappa shape index (κ3) is 1.70. The summed E-state index contributed by atoms with van der Waals surface area (Å²) in [5, 5.41) is 3.66. The normalized spacial score (nSPS) is 45.9. The number of hydrogen-bond acceptors (Lipinski definition) is 2. The first-order chi connectivity index (χ1) is 7.62. The van der Waals surface area contributed by atoms with Crippen molar-refractivity contribution in [3.63, 3.8) is 0 Å². The molecule has 3 unspecified atom stereocenters. The summed E-state index contributed by atoms with van der Waals surface area (Å²) in [6, 6.07) is 3.51. The average Bonchev–Trinajstić information content (AvgIpc) is 2.76. The molecule has 1 aliphatic carbocycles. The molecule has 2 heteroatoms. The quantitative estimate of drug-likeness (QED) is 0.789. The van der Waals surface area contributed by atoms with Gasteiger partial charge in [-0.15, -0.1) is 0 Å². The molecule has 0 amide bonds. The lowest BCUT2D eigenvalue weighted by molar-refractivity contribution is 0.0959. The van der Waals surface area contributed by atoms with Crippen LogP contribution in [0.15, 0.2) is 0 Å². The van der Waals surface area contributed by atoms with Crippen LogP contribution >= 0.6 is 0 Å². The smallest absolute Gasteiger partial charge is 0.0158 e. The van der Waals surface area contributed by atoms with Crippen molar-refractivity contribution in [2.45, 2.75) is 77.0 Å². The topological polar surface area (TPSA) is 15.3 Å².